The van der Waals surface area contributed by atoms with Gasteiger partial charge in [-0.05, 0) is 26.6 Å². The van der Waals surface area contributed by atoms with Crippen LogP contribution in [-0.4, -0.2) is 57.2 Å². The monoisotopic (exact) mass is 291 g/mol. The van der Waals surface area contributed by atoms with Crippen molar-refractivity contribution in [3.05, 3.63) is 35.4 Å². The van der Waals surface area contributed by atoms with Gasteiger partial charge in [0, 0.05) is 13.1 Å². The fourth-order valence-corrected chi connectivity index (χ4v) is 2.44. The van der Waals surface area contributed by atoms with Crippen molar-refractivity contribution in [2.24, 2.45) is 0 Å². The van der Waals surface area contributed by atoms with Crippen LogP contribution in [0.3, 0.4) is 0 Å². The Morgan fingerprint density at radius 1 is 1.43 bits per heavy atom. The van der Waals surface area contributed by atoms with E-state index in [1.807, 2.05) is 14.1 Å². The molecule has 0 spiro atoms. The zero-order valence-corrected chi connectivity index (χ0v) is 13.1. The van der Waals surface area contributed by atoms with Crippen molar-refractivity contribution < 1.29 is 9.53 Å². The molecule has 1 amide bonds. The highest BCUT2D eigenvalue weighted by Crippen LogP contribution is 2.17. The van der Waals surface area contributed by atoms with Crippen molar-refractivity contribution in [3.63, 3.8) is 0 Å². The fourth-order valence-electron chi connectivity index (χ4n) is 2.44. The van der Waals surface area contributed by atoms with E-state index < -0.39 is 0 Å². The average Bonchev–Trinajstić information content (AvgIpc) is 2.49. The van der Waals surface area contributed by atoms with Crippen LogP contribution in [0.5, 0.6) is 0 Å². The second-order valence-corrected chi connectivity index (χ2v) is 5.72. The topological polar surface area (TPSA) is 53.6 Å². The molecule has 2 rings (SSSR count). The van der Waals surface area contributed by atoms with Crippen LogP contribution < -0.4 is 10.6 Å². The van der Waals surface area contributed by atoms with Gasteiger partial charge in [0.15, 0.2) is 0 Å². The van der Waals surface area contributed by atoms with Gasteiger partial charge < -0.3 is 20.3 Å². The first-order valence-electron chi connectivity index (χ1n) is 7.40. The lowest BCUT2D eigenvalue weighted by Crippen LogP contribution is -2.52. The van der Waals surface area contributed by atoms with Crippen LogP contribution in [0.15, 0.2) is 24.3 Å². The Labute approximate surface area is 126 Å². The number of benzene rings is 1. The maximum Gasteiger partial charge on any atom is 0.239 e. The van der Waals surface area contributed by atoms with E-state index in [9.17, 15) is 4.79 Å². The van der Waals surface area contributed by atoms with Crippen molar-refractivity contribution in [1.82, 2.24) is 15.5 Å². The summed E-state index contributed by atoms with van der Waals surface area (Å²) in [5, 5.41) is 6.19. The molecule has 0 radical (unpaired) electrons. The second-order valence-electron chi connectivity index (χ2n) is 5.72. The van der Waals surface area contributed by atoms with E-state index in [1.165, 1.54) is 11.1 Å². The molecule has 0 bridgehead atoms. The summed E-state index contributed by atoms with van der Waals surface area (Å²) in [4.78, 5) is 14.3. The number of hydrogen-bond acceptors (Lipinski definition) is 4. The van der Waals surface area contributed by atoms with Crippen molar-refractivity contribution >= 4 is 5.91 Å². The molecular formula is C16H25N3O2. The van der Waals surface area contributed by atoms with Crippen LogP contribution in [0.25, 0.3) is 0 Å². The van der Waals surface area contributed by atoms with Gasteiger partial charge in [0.1, 0.15) is 6.04 Å². The molecule has 2 unspecified atom stereocenters. The smallest absolute Gasteiger partial charge is 0.239 e. The summed E-state index contributed by atoms with van der Waals surface area (Å²) in [6, 6.07) is 8.37. The molecule has 1 heterocycles. The number of carbonyl (C=O) groups is 1. The molecule has 5 heteroatoms. The Kier molecular flexibility index (Phi) is 5.73. The Balaban J connectivity index is 1.93. The Morgan fingerprint density at radius 3 is 2.71 bits per heavy atom. The highest BCUT2D eigenvalue weighted by molar-refractivity contribution is 5.82. The van der Waals surface area contributed by atoms with Crippen molar-refractivity contribution in [3.8, 4) is 0 Å². The maximum absolute atomic E-state index is 12.1. The normalized spacial score (nSPS) is 20.3. The van der Waals surface area contributed by atoms with Crippen LogP contribution in [0.1, 0.15) is 17.2 Å². The van der Waals surface area contributed by atoms with Gasteiger partial charge in [-0.15, -0.1) is 0 Å². The minimum Gasteiger partial charge on any atom is -0.378 e. The molecule has 1 aliphatic rings. The zero-order chi connectivity index (χ0) is 15.2. The third-order valence-corrected chi connectivity index (χ3v) is 3.79. The van der Waals surface area contributed by atoms with E-state index >= 15 is 0 Å². The third kappa shape index (κ3) is 4.52. The molecular weight excluding hydrogens is 266 g/mol. The maximum atomic E-state index is 12.1. The SMILES string of the molecule is Cc1ccc(C(CNC(=O)C2COCCN2)N(C)C)cc1. The number of nitrogens with zero attached hydrogens (tertiary/aromatic N) is 1. The number of hydrogen-bond donors (Lipinski definition) is 2. The van der Waals surface area contributed by atoms with Crippen LogP contribution in [0, 0.1) is 6.92 Å². The number of likely N-dealkylation sites (N-methyl/N-ethyl adjacent to an activating group) is 1. The number of ether oxygens (including phenoxy) is 1. The summed E-state index contributed by atoms with van der Waals surface area (Å²) in [5.41, 5.74) is 2.45. The molecule has 21 heavy (non-hydrogen) atoms. The van der Waals surface area contributed by atoms with Crippen molar-refractivity contribution in [2.45, 2.75) is 19.0 Å². The van der Waals surface area contributed by atoms with Gasteiger partial charge in [-0.1, -0.05) is 29.8 Å². The first-order valence-corrected chi connectivity index (χ1v) is 7.40. The predicted molar refractivity (Wildman–Crippen MR) is 83.2 cm³/mol. The summed E-state index contributed by atoms with van der Waals surface area (Å²) < 4.78 is 5.32. The summed E-state index contributed by atoms with van der Waals surface area (Å²) in [6.45, 7) is 4.52. The lowest BCUT2D eigenvalue weighted by atomic mass is 10.0. The molecule has 1 aliphatic heterocycles. The van der Waals surface area contributed by atoms with E-state index in [-0.39, 0.29) is 18.0 Å². The molecule has 0 aromatic heterocycles. The van der Waals surface area contributed by atoms with Gasteiger partial charge in [0.05, 0.1) is 19.3 Å². The molecule has 5 nitrogen and oxygen atoms in total. The standard InChI is InChI=1S/C16H25N3O2/c1-12-4-6-13(7-5-12)15(19(2)3)10-18-16(20)14-11-21-9-8-17-14/h4-7,14-15,17H,8-11H2,1-3H3,(H,18,20). The van der Waals surface area contributed by atoms with Crippen molar-refractivity contribution in [1.29, 1.82) is 0 Å². The van der Waals surface area contributed by atoms with Gasteiger partial charge in [0.2, 0.25) is 5.91 Å². The fraction of sp³-hybridized carbons (Fsp3) is 0.562. The largest absolute Gasteiger partial charge is 0.378 e. The Bertz CT molecular complexity index is 453. The predicted octanol–water partition coefficient (Wildman–Crippen LogP) is 0.702. The van der Waals surface area contributed by atoms with Gasteiger partial charge in [0.25, 0.3) is 0 Å². The number of aryl methyl sites for hydroxylation is 1. The second kappa shape index (κ2) is 7.54. The summed E-state index contributed by atoms with van der Waals surface area (Å²) >= 11 is 0. The van der Waals surface area contributed by atoms with Gasteiger partial charge in [-0.25, -0.2) is 0 Å². The molecule has 2 N–H and O–H groups in total. The van der Waals surface area contributed by atoms with Crippen LogP contribution in [-0.2, 0) is 9.53 Å². The van der Waals surface area contributed by atoms with Gasteiger partial charge in [-0.2, -0.15) is 0 Å². The van der Waals surface area contributed by atoms with E-state index in [1.54, 1.807) is 0 Å². The molecule has 1 aromatic carbocycles. The number of nitrogens with one attached hydrogen (secondary N) is 2. The van der Waals surface area contributed by atoms with Crippen LogP contribution >= 0.6 is 0 Å². The summed E-state index contributed by atoms with van der Waals surface area (Å²) in [5.74, 6) is 0.00802. The number of rotatable bonds is 5. The Hall–Kier alpha value is -1.43. The quantitative estimate of drug-likeness (QED) is 0.839. The minimum atomic E-state index is -0.236. The van der Waals surface area contributed by atoms with E-state index in [2.05, 4.69) is 46.7 Å². The molecule has 0 aliphatic carbocycles. The first kappa shape index (κ1) is 15.9. The molecule has 1 fully saturated rings. The van der Waals surface area contributed by atoms with Crippen LogP contribution in [0.2, 0.25) is 0 Å². The van der Waals surface area contributed by atoms with Gasteiger partial charge in [-0.3, -0.25) is 4.79 Å². The Morgan fingerprint density at radius 2 is 2.14 bits per heavy atom. The zero-order valence-electron chi connectivity index (χ0n) is 13.1. The summed E-state index contributed by atoms with van der Waals surface area (Å²) in [7, 11) is 4.05. The minimum absolute atomic E-state index is 0.00802. The molecule has 2 atom stereocenters. The van der Waals surface area contributed by atoms with E-state index in [4.69, 9.17) is 4.74 Å². The highest BCUT2D eigenvalue weighted by atomic mass is 16.5. The number of carbonyl (C=O) groups excluding carboxylic acids is 1. The number of morpholine rings is 1. The number of amides is 1. The first-order chi connectivity index (χ1) is 10.1. The van der Waals surface area contributed by atoms with Crippen molar-refractivity contribution in [2.75, 3.05) is 40.4 Å². The molecule has 1 aromatic rings. The third-order valence-electron chi connectivity index (χ3n) is 3.79. The highest BCUT2D eigenvalue weighted by Gasteiger charge is 2.22. The average molecular weight is 291 g/mol. The summed E-state index contributed by atoms with van der Waals surface area (Å²) in [6.07, 6.45) is 0. The molecule has 0 saturated carbocycles. The van der Waals surface area contributed by atoms with E-state index in [0.717, 1.165) is 6.54 Å². The lowest BCUT2D eigenvalue weighted by Gasteiger charge is -2.27. The van der Waals surface area contributed by atoms with Crippen LogP contribution in [0.4, 0.5) is 0 Å². The van der Waals surface area contributed by atoms with Gasteiger partial charge >= 0.3 is 0 Å². The van der Waals surface area contributed by atoms with E-state index in [0.29, 0.717) is 19.8 Å². The molecule has 1 saturated heterocycles. The lowest BCUT2D eigenvalue weighted by molar-refractivity contribution is -0.126. The molecule has 116 valence electrons.